The first-order chi connectivity index (χ1) is 13.7. The van der Waals surface area contributed by atoms with Crippen LogP contribution in [0.25, 0.3) is 21.8 Å². The molecule has 0 amide bonds. The van der Waals surface area contributed by atoms with Gasteiger partial charge in [0.2, 0.25) is 0 Å². The minimum Gasteiger partial charge on any atom is -1.00 e. The molecule has 5 heteroatoms. The molecular formula is C26H20Cl2N2Ni-4. The van der Waals surface area contributed by atoms with Crippen LogP contribution in [0.4, 0.5) is 11.4 Å². The molecule has 31 heavy (non-hydrogen) atoms. The van der Waals surface area contributed by atoms with Crippen LogP contribution in [0.1, 0.15) is 25.0 Å². The number of benzene rings is 3. The summed E-state index contributed by atoms with van der Waals surface area (Å²) >= 11 is 0. The van der Waals surface area contributed by atoms with E-state index in [-0.39, 0.29) is 41.3 Å². The Morgan fingerprint density at radius 1 is 0.516 bits per heavy atom. The van der Waals surface area contributed by atoms with E-state index in [1.54, 1.807) is 0 Å². The second-order valence-electron chi connectivity index (χ2n) is 7.21. The van der Waals surface area contributed by atoms with Gasteiger partial charge in [0.25, 0.3) is 0 Å². The first kappa shape index (κ1) is 24.8. The van der Waals surface area contributed by atoms with Crippen molar-refractivity contribution >= 4 is 22.5 Å². The van der Waals surface area contributed by atoms with E-state index in [9.17, 15) is 0 Å². The monoisotopic (exact) mass is 488 g/mol. The van der Waals surface area contributed by atoms with Gasteiger partial charge in [-0.05, 0) is 32.7 Å². The van der Waals surface area contributed by atoms with E-state index in [0.29, 0.717) is 0 Å². The Balaban J connectivity index is 0.00000114. The number of allylic oxidation sites excluding steroid dienone is 4. The van der Waals surface area contributed by atoms with Crippen LogP contribution in [-0.2, 0) is 16.5 Å². The summed E-state index contributed by atoms with van der Waals surface area (Å²) < 4.78 is 0. The topological polar surface area (TPSA) is 28.2 Å². The van der Waals surface area contributed by atoms with Gasteiger partial charge in [-0.15, -0.1) is 11.4 Å². The van der Waals surface area contributed by atoms with Crippen molar-refractivity contribution < 1.29 is 41.3 Å². The molecule has 0 unspecified atom stereocenters. The first-order valence-corrected chi connectivity index (χ1v) is 9.53. The quantitative estimate of drug-likeness (QED) is 0.451. The smallest absolute Gasteiger partial charge is 0 e. The summed E-state index contributed by atoms with van der Waals surface area (Å²) in [6.07, 6.45) is 4.33. The van der Waals surface area contributed by atoms with E-state index >= 15 is 0 Å². The number of nitrogens with zero attached hydrogens (tertiary/aromatic N) is 2. The fraction of sp³-hybridized carbons (Fsp3) is 0.0769. The van der Waals surface area contributed by atoms with Crippen molar-refractivity contribution in [2.45, 2.75) is 13.8 Å². The predicted molar refractivity (Wildman–Crippen MR) is 117 cm³/mol. The Hall–Kier alpha value is -2.45. The van der Waals surface area contributed by atoms with Crippen molar-refractivity contribution in [3.05, 3.63) is 129 Å². The molecule has 5 rings (SSSR count). The van der Waals surface area contributed by atoms with E-state index in [0.717, 1.165) is 33.2 Å². The maximum Gasteiger partial charge on any atom is 0 e. The zero-order valence-corrected chi connectivity index (χ0v) is 19.5. The molecular weight excluding hydrogens is 470 g/mol. The third kappa shape index (κ3) is 4.60. The van der Waals surface area contributed by atoms with Gasteiger partial charge in [0.15, 0.2) is 0 Å². The summed E-state index contributed by atoms with van der Waals surface area (Å²) in [7, 11) is 0. The Morgan fingerprint density at radius 3 is 1.23 bits per heavy atom. The number of rotatable bonds is 2. The molecule has 2 heterocycles. The van der Waals surface area contributed by atoms with Crippen LogP contribution >= 0.6 is 0 Å². The maximum atomic E-state index is 4.90. The van der Waals surface area contributed by atoms with Crippen LogP contribution < -0.4 is 35.3 Å². The van der Waals surface area contributed by atoms with Crippen molar-refractivity contribution in [3.8, 4) is 0 Å². The molecule has 0 aromatic heterocycles. The molecule has 3 aromatic carbocycles. The largest absolute Gasteiger partial charge is 1.00 e. The zero-order chi connectivity index (χ0) is 19.1. The van der Waals surface area contributed by atoms with Gasteiger partial charge in [-0.25, -0.2) is 0 Å². The van der Waals surface area contributed by atoms with Crippen molar-refractivity contribution in [1.82, 2.24) is 0 Å². The average molecular weight is 490 g/mol. The van der Waals surface area contributed by atoms with Gasteiger partial charge in [0, 0.05) is 16.5 Å². The van der Waals surface area contributed by atoms with Crippen molar-refractivity contribution in [2.24, 2.45) is 0 Å². The number of halogens is 2. The standard InChI is InChI=1S/C26H20N2.2ClH.Ni/c1-17-15-23(19-9-5-3-6-10-19)21-13-14-22-24(20-11-7-4-8-12-20)16-18(2)28-26(22)25(21)27-17;;;/h3-16H,1-2H3;2*1H;/q-2;;;/p-2. The molecule has 0 atom stereocenters. The van der Waals surface area contributed by atoms with Gasteiger partial charge in [0.05, 0.1) is 0 Å². The summed E-state index contributed by atoms with van der Waals surface area (Å²) in [5.41, 5.74) is 8.76. The molecule has 0 spiro atoms. The van der Waals surface area contributed by atoms with Crippen LogP contribution in [0, 0.1) is 0 Å². The summed E-state index contributed by atoms with van der Waals surface area (Å²) in [5.74, 6) is 0. The molecule has 0 N–H and O–H groups in total. The normalized spacial score (nSPS) is 13.5. The molecule has 2 nitrogen and oxygen atoms in total. The van der Waals surface area contributed by atoms with Crippen molar-refractivity contribution in [2.75, 3.05) is 0 Å². The molecule has 3 aromatic rings. The Labute approximate surface area is 205 Å². The Morgan fingerprint density at radius 2 is 0.871 bits per heavy atom. The van der Waals surface area contributed by atoms with Crippen molar-refractivity contribution in [3.63, 3.8) is 0 Å². The van der Waals surface area contributed by atoms with Crippen LogP contribution in [-0.4, -0.2) is 0 Å². The van der Waals surface area contributed by atoms with E-state index in [2.05, 4.69) is 86.7 Å². The molecule has 0 saturated carbocycles. The zero-order valence-electron chi connectivity index (χ0n) is 17.0. The molecule has 0 bridgehead atoms. The van der Waals surface area contributed by atoms with Gasteiger partial charge in [-0.3, -0.25) is 0 Å². The first-order valence-electron chi connectivity index (χ1n) is 9.53. The molecule has 2 aliphatic rings. The molecule has 2 aliphatic heterocycles. The Kier molecular flexibility index (Phi) is 8.20. The van der Waals surface area contributed by atoms with Crippen LogP contribution in [0.15, 0.2) is 96.3 Å². The molecule has 0 saturated heterocycles. The Bertz CT molecular complexity index is 1160. The number of fused-ring (bicyclic) bond motifs is 3. The van der Waals surface area contributed by atoms with Crippen LogP contribution in [0.5, 0.6) is 0 Å². The fourth-order valence-corrected chi connectivity index (χ4v) is 3.94. The van der Waals surface area contributed by atoms with Crippen LogP contribution in [0.3, 0.4) is 0 Å². The number of hydrogen-bond acceptors (Lipinski definition) is 0. The van der Waals surface area contributed by atoms with E-state index < -0.39 is 0 Å². The van der Waals surface area contributed by atoms with Gasteiger partial charge in [-0.1, -0.05) is 98.8 Å². The fourth-order valence-electron chi connectivity index (χ4n) is 3.94. The van der Waals surface area contributed by atoms with E-state index in [1.807, 2.05) is 12.1 Å². The maximum absolute atomic E-state index is 4.90. The second-order valence-corrected chi connectivity index (χ2v) is 7.21. The second kappa shape index (κ2) is 10.2. The minimum atomic E-state index is 0. The van der Waals surface area contributed by atoms with Gasteiger partial charge in [0.1, 0.15) is 0 Å². The summed E-state index contributed by atoms with van der Waals surface area (Å²) in [6.45, 7) is 4.11. The van der Waals surface area contributed by atoms with Gasteiger partial charge >= 0.3 is 0 Å². The molecule has 0 aliphatic carbocycles. The molecule has 162 valence electrons. The third-order valence-corrected chi connectivity index (χ3v) is 5.18. The summed E-state index contributed by atoms with van der Waals surface area (Å²) in [6, 6.07) is 25.4. The predicted octanol–water partition coefficient (Wildman–Crippen LogP) is -0.0647. The van der Waals surface area contributed by atoms with Gasteiger partial charge in [-0.2, -0.15) is 11.4 Å². The van der Waals surface area contributed by atoms with Gasteiger partial charge < -0.3 is 35.4 Å². The molecule has 0 radical (unpaired) electrons. The van der Waals surface area contributed by atoms with Crippen LogP contribution in [0.2, 0.25) is 0 Å². The van der Waals surface area contributed by atoms with E-state index in [4.69, 9.17) is 10.6 Å². The van der Waals surface area contributed by atoms with Crippen molar-refractivity contribution in [1.29, 1.82) is 0 Å². The third-order valence-electron chi connectivity index (χ3n) is 5.18. The minimum absolute atomic E-state index is 0. The average Bonchev–Trinajstić information content (AvgIpc) is 2.74. The summed E-state index contributed by atoms with van der Waals surface area (Å²) in [5, 5.41) is 12.1. The number of hydrogen-bond donors (Lipinski definition) is 0. The summed E-state index contributed by atoms with van der Waals surface area (Å²) in [4.78, 5) is 0. The SMILES string of the molecule is CC1=CC(c2ccccc2)=c2ccc3c(c2[N-]1)[N-]C(C)=CC=3c1ccccc1.[Cl-].[Cl-].[Ni]. The molecule has 0 fully saturated rings. The van der Waals surface area contributed by atoms with E-state index in [1.165, 1.54) is 22.3 Å².